The fraction of sp³-hybridized carbons (Fsp3) is 0.412. The topological polar surface area (TPSA) is 109 Å². The first-order chi connectivity index (χ1) is 12.1. The highest BCUT2D eigenvalue weighted by Crippen LogP contribution is 2.31. The van der Waals surface area contributed by atoms with Crippen LogP contribution in [-0.4, -0.2) is 53.2 Å². The lowest BCUT2D eigenvalue weighted by molar-refractivity contribution is 0.0713. The monoisotopic (exact) mass is 361 g/mol. The van der Waals surface area contributed by atoms with Gasteiger partial charge in [0, 0.05) is 32.2 Å². The molecule has 7 nitrogen and oxygen atoms in total. The van der Waals surface area contributed by atoms with Crippen molar-refractivity contribution in [2.75, 3.05) is 36.9 Å². The highest BCUT2D eigenvalue weighted by Gasteiger charge is 2.27. The number of hydrogen-bond acceptors (Lipinski definition) is 7. The molecule has 1 aromatic heterocycles. The van der Waals surface area contributed by atoms with Gasteiger partial charge in [-0.05, 0) is 12.0 Å². The lowest BCUT2D eigenvalue weighted by Gasteiger charge is -2.21. The van der Waals surface area contributed by atoms with E-state index in [0.717, 1.165) is 30.2 Å². The number of rotatable bonds is 6. The minimum atomic E-state index is -0.206. The van der Waals surface area contributed by atoms with Crippen molar-refractivity contribution in [2.24, 2.45) is 5.73 Å². The number of nitrogens with two attached hydrogens (primary N) is 2. The van der Waals surface area contributed by atoms with E-state index in [0.29, 0.717) is 11.4 Å². The minimum Gasteiger partial charge on any atom is -0.395 e. The van der Waals surface area contributed by atoms with E-state index in [2.05, 4.69) is 9.88 Å². The van der Waals surface area contributed by atoms with E-state index in [1.54, 1.807) is 4.90 Å². The summed E-state index contributed by atoms with van der Waals surface area (Å²) in [6.07, 6.45) is 0.910. The molecule has 0 bridgehead atoms. The van der Waals surface area contributed by atoms with E-state index in [9.17, 15) is 9.90 Å². The van der Waals surface area contributed by atoms with Crippen molar-refractivity contribution in [1.29, 1.82) is 0 Å². The van der Waals surface area contributed by atoms with Crippen LogP contribution in [0.15, 0.2) is 30.3 Å². The summed E-state index contributed by atoms with van der Waals surface area (Å²) < 4.78 is 0. The van der Waals surface area contributed by atoms with Crippen molar-refractivity contribution in [2.45, 2.75) is 19.0 Å². The largest absolute Gasteiger partial charge is 0.395 e. The van der Waals surface area contributed by atoms with Gasteiger partial charge in [0.05, 0.1) is 6.61 Å². The number of aliphatic hydroxyl groups is 1. The molecule has 134 valence electrons. The summed E-state index contributed by atoms with van der Waals surface area (Å²) in [5.74, 6) is 0.0316. The number of aromatic nitrogens is 1. The number of nitrogen functional groups attached to an aromatic ring is 1. The quantitative estimate of drug-likeness (QED) is 0.705. The Balaban J connectivity index is 1.78. The van der Waals surface area contributed by atoms with E-state index in [1.165, 1.54) is 11.3 Å². The number of nitrogens with zero attached hydrogens (tertiary/aromatic N) is 3. The normalized spacial score (nSPS) is 17.0. The maximum absolute atomic E-state index is 12.9. The zero-order valence-corrected chi connectivity index (χ0v) is 14.8. The van der Waals surface area contributed by atoms with Gasteiger partial charge in [0.25, 0.3) is 5.91 Å². The van der Waals surface area contributed by atoms with Crippen LogP contribution in [0.3, 0.4) is 0 Å². The number of thiazole rings is 1. The second-order valence-corrected chi connectivity index (χ2v) is 7.12. The van der Waals surface area contributed by atoms with Crippen LogP contribution < -0.4 is 16.4 Å². The van der Waals surface area contributed by atoms with Crippen LogP contribution >= 0.6 is 11.3 Å². The summed E-state index contributed by atoms with van der Waals surface area (Å²) in [5, 5.41) is 10.1. The molecule has 0 aliphatic carbocycles. The second kappa shape index (κ2) is 7.81. The predicted octanol–water partition coefficient (Wildman–Crippen LogP) is 0.897. The average molecular weight is 361 g/mol. The van der Waals surface area contributed by atoms with Gasteiger partial charge >= 0.3 is 0 Å². The van der Waals surface area contributed by atoms with Gasteiger partial charge in [0.1, 0.15) is 10.7 Å². The fourth-order valence-corrected chi connectivity index (χ4v) is 3.88. The number of benzene rings is 1. The van der Waals surface area contributed by atoms with Crippen LogP contribution in [0.4, 0.5) is 10.9 Å². The Hall–Kier alpha value is -2.16. The predicted molar refractivity (Wildman–Crippen MR) is 99.6 cm³/mol. The summed E-state index contributed by atoms with van der Waals surface area (Å²) in [7, 11) is 0. The number of amides is 1. The molecule has 5 N–H and O–H groups in total. The van der Waals surface area contributed by atoms with Gasteiger partial charge in [-0.1, -0.05) is 41.7 Å². The molecular formula is C17H23N5O2S. The highest BCUT2D eigenvalue weighted by atomic mass is 32.1. The van der Waals surface area contributed by atoms with Gasteiger partial charge in [-0.15, -0.1) is 0 Å². The smallest absolute Gasteiger partial charge is 0.268 e. The number of hydrogen-bond donors (Lipinski definition) is 3. The zero-order chi connectivity index (χ0) is 17.8. The van der Waals surface area contributed by atoms with Crippen LogP contribution in [0.25, 0.3) is 0 Å². The lowest BCUT2D eigenvalue weighted by Crippen LogP contribution is -2.33. The Morgan fingerprint density at radius 1 is 1.40 bits per heavy atom. The third-order valence-electron chi connectivity index (χ3n) is 4.20. The summed E-state index contributed by atoms with van der Waals surface area (Å²) in [4.78, 5) is 21.3. The van der Waals surface area contributed by atoms with Crippen LogP contribution in [0.2, 0.25) is 0 Å². The molecule has 1 fully saturated rings. The number of carbonyl (C=O) groups excluding carboxylic acids is 1. The van der Waals surface area contributed by atoms with Gasteiger partial charge in [-0.2, -0.15) is 0 Å². The maximum Gasteiger partial charge on any atom is 0.268 e. The molecule has 3 rings (SSSR count). The van der Waals surface area contributed by atoms with Crippen molar-refractivity contribution in [1.82, 2.24) is 9.88 Å². The Morgan fingerprint density at radius 2 is 2.16 bits per heavy atom. The molecule has 1 unspecified atom stereocenters. The minimum absolute atomic E-state index is 0.106. The van der Waals surface area contributed by atoms with Gasteiger partial charge in [0.15, 0.2) is 5.13 Å². The molecule has 25 heavy (non-hydrogen) atoms. The SMILES string of the molecule is Nc1nc(N2CCC(N)C2)sc1C(=O)N(CCO)Cc1ccccc1. The van der Waals surface area contributed by atoms with E-state index < -0.39 is 0 Å². The van der Waals surface area contributed by atoms with Crippen molar-refractivity contribution in [3.8, 4) is 0 Å². The second-order valence-electron chi connectivity index (χ2n) is 6.14. The fourth-order valence-electron chi connectivity index (χ4n) is 2.89. The van der Waals surface area contributed by atoms with Gasteiger partial charge in [-0.25, -0.2) is 4.98 Å². The Kier molecular flexibility index (Phi) is 5.52. The van der Waals surface area contributed by atoms with Crippen LogP contribution in [0.1, 0.15) is 21.7 Å². The Morgan fingerprint density at radius 3 is 2.80 bits per heavy atom. The molecule has 1 aliphatic heterocycles. The third-order valence-corrected chi connectivity index (χ3v) is 5.32. The van der Waals surface area contributed by atoms with Gasteiger partial charge < -0.3 is 26.4 Å². The summed E-state index contributed by atoms with van der Waals surface area (Å²) in [6.45, 7) is 2.11. The van der Waals surface area contributed by atoms with E-state index >= 15 is 0 Å². The molecular weight excluding hydrogens is 338 g/mol. The first-order valence-electron chi connectivity index (χ1n) is 8.29. The van der Waals surface area contributed by atoms with E-state index in [1.807, 2.05) is 30.3 Å². The number of anilines is 2. The van der Waals surface area contributed by atoms with Gasteiger partial charge in [0.2, 0.25) is 0 Å². The third kappa shape index (κ3) is 4.09. The van der Waals surface area contributed by atoms with Crippen LogP contribution in [0, 0.1) is 0 Å². The molecule has 8 heteroatoms. The summed E-state index contributed by atoms with van der Waals surface area (Å²) in [6, 6.07) is 9.80. The molecule has 1 amide bonds. The molecule has 0 saturated carbocycles. The molecule has 1 aromatic carbocycles. The van der Waals surface area contributed by atoms with Crippen molar-refractivity contribution < 1.29 is 9.90 Å². The molecule has 1 aliphatic rings. The molecule has 0 spiro atoms. The molecule has 1 saturated heterocycles. The van der Waals surface area contributed by atoms with Crippen molar-refractivity contribution in [3.05, 3.63) is 40.8 Å². The number of carbonyl (C=O) groups is 1. The van der Waals surface area contributed by atoms with E-state index in [4.69, 9.17) is 11.5 Å². The Bertz CT molecular complexity index is 721. The maximum atomic E-state index is 12.9. The first-order valence-corrected chi connectivity index (χ1v) is 9.11. The Labute approximate surface area is 150 Å². The average Bonchev–Trinajstić information content (AvgIpc) is 3.20. The van der Waals surface area contributed by atoms with Gasteiger partial charge in [-0.3, -0.25) is 4.79 Å². The van der Waals surface area contributed by atoms with E-state index in [-0.39, 0.29) is 30.9 Å². The van der Waals surface area contributed by atoms with Crippen molar-refractivity contribution in [3.63, 3.8) is 0 Å². The molecule has 1 atom stereocenters. The summed E-state index contributed by atoms with van der Waals surface area (Å²) >= 11 is 1.29. The van der Waals surface area contributed by atoms with Crippen LogP contribution in [0.5, 0.6) is 0 Å². The molecule has 2 heterocycles. The standard InChI is InChI=1S/C17H23N5O2S/c18-13-6-7-22(11-13)17-20-15(19)14(25-17)16(24)21(8-9-23)10-12-4-2-1-3-5-12/h1-5,13,23H,6-11,18-19H2. The molecule has 0 radical (unpaired) electrons. The number of aliphatic hydroxyl groups excluding tert-OH is 1. The molecule has 2 aromatic rings. The highest BCUT2D eigenvalue weighted by molar-refractivity contribution is 7.18. The zero-order valence-electron chi connectivity index (χ0n) is 14.0. The van der Waals surface area contributed by atoms with Crippen LogP contribution in [-0.2, 0) is 6.54 Å². The summed E-state index contributed by atoms with van der Waals surface area (Å²) in [5.41, 5.74) is 12.9. The van der Waals surface area contributed by atoms with Crippen molar-refractivity contribution >= 4 is 28.2 Å². The lowest BCUT2D eigenvalue weighted by atomic mass is 10.2. The first kappa shape index (κ1) is 17.7.